The zero-order valence-electron chi connectivity index (χ0n) is 8.55. The summed E-state index contributed by atoms with van der Waals surface area (Å²) in [4.78, 5) is 11.6. The van der Waals surface area contributed by atoms with Crippen molar-refractivity contribution in [2.24, 2.45) is 11.7 Å². The monoisotopic (exact) mass is 234 g/mol. The summed E-state index contributed by atoms with van der Waals surface area (Å²) in [7, 11) is 0. The van der Waals surface area contributed by atoms with Crippen molar-refractivity contribution in [3.8, 4) is 0 Å². The summed E-state index contributed by atoms with van der Waals surface area (Å²) in [5.41, 5.74) is 3.57. The molecule has 3 nitrogen and oxygen atoms in total. The predicted octanol–water partition coefficient (Wildman–Crippen LogP) is 1.10. The highest BCUT2D eigenvalue weighted by atomic mass is 19.4. The molecule has 0 aromatic heterocycles. The van der Waals surface area contributed by atoms with Crippen LogP contribution in [0, 0.1) is 5.92 Å². The van der Waals surface area contributed by atoms with E-state index in [9.17, 15) is 18.0 Å². The molecular formula is C10H13F3N2O. The average Bonchev–Trinajstić information content (AvgIpc) is 2.81. The Bertz CT molecular complexity index is 333. The Balaban J connectivity index is 1.96. The zero-order valence-corrected chi connectivity index (χ0v) is 8.55. The highest BCUT2D eigenvalue weighted by molar-refractivity contribution is 5.82. The molecule has 0 heterocycles. The molecule has 6 heteroatoms. The van der Waals surface area contributed by atoms with Gasteiger partial charge >= 0.3 is 6.18 Å². The molecule has 0 bridgehead atoms. The summed E-state index contributed by atoms with van der Waals surface area (Å²) in [5, 5.41) is 2.10. The van der Waals surface area contributed by atoms with Crippen LogP contribution in [0.15, 0.2) is 12.2 Å². The lowest BCUT2D eigenvalue weighted by molar-refractivity contribution is -0.171. The second-order valence-corrected chi connectivity index (χ2v) is 4.46. The summed E-state index contributed by atoms with van der Waals surface area (Å²) in [6.45, 7) is 0. The molecule has 1 amide bonds. The van der Waals surface area contributed by atoms with Gasteiger partial charge in [0.2, 0.25) is 5.91 Å². The van der Waals surface area contributed by atoms with Crippen LogP contribution >= 0.6 is 0 Å². The van der Waals surface area contributed by atoms with E-state index >= 15 is 0 Å². The second kappa shape index (κ2) is 3.48. The number of rotatable bonds is 2. The first-order valence-electron chi connectivity index (χ1n) is 5.17. The molecule has 16 heavy (non-hydrogen) atoms. The van der Waals surface area contributed by atoms with Gasteiger partial charge in [0.25, 0.3) is 0 Å². The number of alkyl halides is 3. The van der Waals surface area contributed by atoms with Crippen molar-refractivity contribution in [3.63, 3.8) is 0 Å². The first-order chi connectivity index (χ1) is 7.34. The van der Waals surface area contributed by atoms with Gasteiger partial charge in [-0.1, -0.05) is 12.2 Å². The average molecular weight is 234 g/mol. The molecule has 2 aliphatic carbocycles. The largest absolute Gasteiger partial charge is 0.411 e. The topological polar surface area (TPSA) is 55.1 Å². The smallest absolute Gasteiger partial charge is 0.341 e. The molecule has 0 saturated heterocycles. The van der Waals surface area contributed by atoms with E-state index in [1.165, 1.54) is 0 Å². The lowest BCUT2D eigenvalue weighted by atomic mass is 10.1. The second-order valence-electron chi connectivity index (χ2n) is 4.46. The van der Waals surface area contributed by atoms with Gasteiger partial charge in [0, 0.05) is 6.04 Å². The molecule has 0 aliphatic heterocycles. The van der Waals surface area contributed by atoms with Gasteiger partial charge < -0.3 is 11.1 Å². The molecule has 1 saturated carbocycles. The van der Waals surface area contributed by atoms with Gasteiger partial charge in [0.15, 0.2) is 0 Å². The summed E-state index contributed by atoms with van der Waals surface area (Å²) < 4.78 is 37.7. The molecule has 0 aromatic carbocycles. The molecule has 0 spiro atoms. The van der Waals surface area contributed by atoms with Crippen molar-refractivity contribution >= 4 is 5.91 Å². The lowest BCUT2D eigenvalue weighted by Gasteiger charge is -2.22. The van der Waals surface area contributed by atoms with Crippen LogP contribution in [0.3, 0.4) is 0 Å². The number of hydrogen-bond donors (Lipinski definition) is 2. The Hall–Kier alpha value is -1.04. The fourth-order valence-electron chi connectivity index (χ4n) is 1.85. The Kier molecular flexibility index (Phi) is 2.49. The van der Waals surface area contributed by atoms with E-state index in [2.05, 4.69) is 5.32 Å². The lowest BCUT2D eigenvalue weighted by Crippen LogP contribution is -2.49. The number of amides is 1. The fourth-order valence-corrected chi connectivity index (χ4v) is 1.85. The van der Waals surface area contributed by atoms with Crippen LogP contribution in [0.25, 0.3) is 0 Å². The minimum Gasteiger partial charge on any atom is -0.341 e. The molecule has 0 radical (unpaired) electrons. The van der Waals surface area contributed by atoms with Crippen LogP contribution in [-0.4, -0.2) is 23.7 Å². The van der Waals surface area contributed by atoms with Crippen LogP contribution in [0.1, 0.15) is 19.3 Å². The predicted molar refractivity (Wildman–Crippen MR) is 51.4 cm³/mol. The zero-order chi connectivity index (χ0) is 12.0. The number of halogens is 3. The Morgan fingerprint density at radius 3 is 2.38 bits per heavy atom. The van der Waals surface area contributed by atoms with E-state index in [-0.39, 0.29) is 18.9 Å². The molecule has 3 N–H and O–H groups in total. The Morgan fingerprint density at radius 1 is 1.38 bits per heavy atom. The SMILES string of the molecule is NC1C=CC(C(=O)NC2(C(F)(F)F)CC2)C1. The van der Waals surface area contributed by atoms with Gasteiger partial charge in [-0.25, -0.2) is 0 Å². The maximum atomic E-state index is 12.6. The minimum absolute atomic E-state index is 0.0231. The number of nitrogens with two attached hydrogens (primary N) is 1. The number of hydrogen-bond acceptors (Lipinski definition) is 2. The van der Waals surface area contributed by atoms with Crippen molar-refractivity contribution in [2.45, 2.75) is 37.0 Å². The minimum atomic E-state index is -4.35. The van der Waals surface area contributed by atoms with E-state index in [0.717, 1.165) is 0 Å². The Labute approximate surface area is 90.9 Å². The quantitative estimate of drug-likeness (QED) is 0.703. The third-order valence-corrected chi connectivity index (χ3v) is 3.11. The molecule has 2 atom stereocenters. The van der Waals surface area contributed by atoms with Crippen molar-refractivity contribution in [3.05, 3.63) is 12.2 Å². The number of nitrogens with one attached hydrogen (secondary N) is 1. The summed E-state index contributed by atoms with van der Waals surface area (Å²) in [6, 6.07) is -0.225. The third kappa shape index (κ3) is 1.93. The van der Waals surface area contributed by atoms with Crippen molar-refractivity contribution in [1.82, 2.24) is 5.32 Å². The van der Waals surface area contributed by atoms with Crippen LogP contribution in [0.2, 0.25) is 0 Å². The highest BCUT2D eigenvalue weighted by Crippen LogP contribution is 2.49. The molecule has 0 aromatic rings. The fraction of sp³-hybridized carbons (Fsp3) is 0.700. The number of carbonyl (C=O) groups excluding carboxylic acids is 1. The molecule has 2 unspecified atom stereocenters. The normalized spacial score (nSPS) is 31.5. The van der Waals surface area contributed by atoms with Crippen LogP contribution in [0.4, 0.5) is 13.2 Å². The number of carbonyl (C=O) groups is 1. The first kappa shape index (κ1) is 11.4. The van der Waals surface area contributed by atoms with Crippen molar-refractivity contribution < 1.29 is 18.0 Å². The van der Waals surface area contributed by atoms with E-state index in [4.69, 9.17) is 5.73 Å². The van der Waals surface area contributed by atoms with E-state index < -0.39 is 23.5 Å². The van der Waals surface area contributed by atoms with Gasteiger partial charge in [-0.15, -0.1) is 0 Å². The maximum absolute atomic E-state index is 12.6. The summed E-state index contributed by atoms with van der Waals surface area (Å²) in [6.07, 6.45) is -0.786. The first-order valence-corrected chi connectivity index (χ1v) is 5.17. The molecular weight excluding hydrogens is 221 g/mol. The molecule has 2 aliphatic rings. The standard InChI is InChI=1S/C10H13F3N2O/c11-10(12,13)9(3-4-9)15-8(16)6-1-2-7(14)5-6/h1-2,6-7H,3-5,14H2,(H,15,16). The van der Waals surface area contributed by atoms with Gasteiger partial charge in [-0.2, -0.15) is 13.2 Å². The Morgan fingerprint density at radius 2 is 2.00 bits per heavy atom. The van der Waals surface area contributed by atoms with Crippen LogP contribution < -0.4 is 11.1 Å². The van der Waals surface area contributed by atoms with Gasteiger partial charge in [0.05, 0.1) is 5.92 Å². The molecule has 1 fully saturated rings. The van der Waals surface area contributed by atoms with Gasteiger partial charge in [-0.05, 0) is 19.3 Å². The van der Waals surface area contributed by atoms with E-state index in [0.29, 0.717) is 6.42 Å². The van der Waals surface area contributed by atoms with Crippen molar-refractivity contribution in [2.75, 3.05) is 0 Å². The summed E-state index contributed by atoms with van der Waals surface area (Å²) >= 11 is 0. The highest BCUT2D eigenvalue weighted by Gasteiger charge is 2.64. The van der Waals surface area contributed by atoms with Crippen LogP contribution in [0.5, 0.6) is 0 Å². The maximum Gasteiger partial charge on any atom is 0.411 e. The van der Waals surface area contributed by atoms with Gasteiger partial charge in [-0.3, -0.25) is 4.79 Å². The van der Waals surface area contributed by atoms with Gasteiger partial charge in [0.1, 0.15) is 5.54 Å². The molecule has 90 valence electrons. The van der Waals surface area contributed by atoms with E-state index in [1.807, 2.05) is 0 Å². The third-order valence-electron chi connectivity index (χ3n) is 3.11. The van der Waals surface area contributed by atoms with E-state index in [1.54, 1.807) is 12.2 Å². The summed E-state index contributed by atoms with van der Waals surface area (Å²) in [5.74, 6) is -1.09. The van der Waals surface area contributed by atoms with Crippen LogP contribution in [-0.2, 0) is 4.79 Å². The van der Waals surface area contributed by atoms with Crippen molar-refractivity contribution in [1.29, 1.82) is 0 Å². The molecule has 2 rings (SSSR count).